The van der Waals surface area contributed by atoms with Gasteiger partial charge in [-0.25, -0.2) is 0 Å². The molecule has 4 N–H and O–H groups in total. The van der Waals surface area contributed by atoms with Gasteiger partial charge in [-0.15, -0.1) is 0 Å². The lowest BCUT2D eigenvalue weighted by Gasteiger charge is -2.26. The number of aliphatic carboxylic acids is 1. The zero-order valence-corrected chi connectivity index (χ0v) is 34.8. The third-order valence-electron chi connectivity index (χ3n) is 10.4. The van der Waals surface area contributed by atoms with Crippen molar-refractivity contribution < 1.29 is 38.6 Å². The number of hydrogen-bond donors (Lipinski definition) is 4. The number of carboxylic acid groups (broad SMARTS) is 1. The van der Waals surface area contributed by atoms with Crippen molar-refractivity contribution in [3.05, 3.63) is 156 Å². The first-order valence-electron chi connectivity index (χ1n) is 20.6. The Morgan fingerprint density at radius 2 is 1.18 bits per heavy atom. The van der Waals surface area contributed by atoms with Crippen molar-refractivity contribution in [2.75, 3.05) is 6.61 Å². The molecule has 0 saturated heterocycles. The van der Waals surface area contributed by atoms with Crippen LogP contribution in [0, 0.1) is 5.92 Å². The molecule has 2 bridgehead atoms. The fraction of sp³-hybridized carbons (Fsp3) is 0.300. The Hall–Kier alpha value is -6.75. The van der Waals surface area contributed by atoms with Crippen molar-refractivity contribution >= 4 is 29.5 Å². The summed E-state index contributed by atoms with van der Waals surface area (Å²) in [7, 11) is 0. The van der Waals surface area contributed by atoms with E-state index >= 15 is 0 Å². The highest BCUT2D eigenvalue weighted by Gasteiger charge is 2.32. The van der Waals surface area contributed by atoms with Gasteiger partial charge in [0.1, 0.15) is 29.2 Å². The summed E-state index contributed by atoms with van der Waals surface area (Å²) in [5.41, 5.74) is 4.64. The van der Waals surface area contributed by atoms with Crippen molar-refractivity contribution in [3.8, 4) is 22.6 Å². The molecule has 7 rings (SSSR count). The van der Waals surface area contributed by atoms with E-state index in [0.29, 0.717) is 23.5 Å². The molecule has 11 heteroatoms. The zero-order valence-electron chi connectivity index (χ0n) is 34.8. The highest BCUT2D eigenvalue weighted by atomic mass is 16.5. The molecule has 316 valence electrons. The summed E-state index contributed by atoms with van der Waals surface area (Å²) in [6, 6.07) is 37.5. The number of fused-ring (bicyclic) bond motifs is 16. The number of carbonyl (C=O) groups is 5. The first-order valence-corrected chi connectivity index (χ1v) is 20.6. The maximum absolute atomic E-state index is 14.5. The molecule has 0 saturated carbocycles. The largest absolute Gasteiger partial charge is 0.488 e. The van der Waals surface area contributed by atoms with Gasteiger partial charge in [0, 0.05) is 19.3 Å². The average molecular weight is 824 g/mol. The number of carbonyl (C=O) groups excluding carboxylic acids is 4. The standard InChI is InChI=1S/C50H53N3O8/c1-50(2,3)61-41-25-18-36(19-26-41)29-43-47(56)53-44(30-35-14-21-38(22-15-35)37-12-8-5-9-13-37)48(57)52-42(27-20-33-10-6-4-7-11-33)45(54)31-39(49(58)59)28-34-16-23-40(24-17-34)60-32-46(55)51-43/h4-19,21-26,39,42-44H,20,27-32H2,1-3H3,(H,51,55)(H,52,57)(H,53,56)(H,58,59)/t39-,42+,43+,44-/m1/s1. The Morgan fingerprint density at radius 3 is 1.77 bits per heavy atom. The molecule has 0 aromatic heterocycles. The van der Waals surface area contributed by atoms with Gasteiger partial charge in [-0.2, -0.15) is 0 Å². The Kier molecular flexibility index (Phi) is 14.7. The predicted octanol–water partition coefficient (Wildman–Crippen LogP) is 6.70. The van der Waals surface area contributed by atoms with Gasteiger partial charge in [-0.3, -0.25) is 24.0 Å². The molecular formula is C50H53N3O8. The van der Waals surface area contributed by atoms with Crippen molar-refractivity contribution in [2.24, 2.45) is 5.92 Å². The van der Waals surface area contributed by atoms with Crippen molar-refractivity contribution in [1.29, 1.82) is 0 Å². The molecule has 4 atom stereocenters. The van der Waals surface area contributed by atoms with E-state index in [1.54, 1.807) is 36.4 Å². The highest BCUT2D eigenvalue weighted by Crippen LogP contribution is 2.23. The van der Waals surface area contributed by atoms with E-state index in [2.05, 4.69) is 16.0 Å². The summed E-state index contributed by atoms with van der Waals surface area (Å²) in [5.74, 6) is -3.45. The SMILES string of the molecule is CC(C)(C)Oc1ccc(C[C@@H]2NC(=O)COc3ccc(cc3)C[C@@H](C(=O)O)CC(=O)[C@H](CCc3ccccc3)NC(=O)[C@@H](Cc3ccc(-c4ccccc4)cc3)NC2=O)cc1. The second kappa shape index (κ2) is 20.5. The number of ketones is 1. The lowest BCUT2D eigenvalue weighted by molar-refractivity contribution is -0.144. The number of nitrogens with one attached hydrogen (secondary N) is 3. The number of amides is 3. The molecule has 0 unspecified atom stereocenters. The van der Waals surface area contributed by atoms with Crippen molar-refractivity contribution in [2.45, 2.75) is 83.0 Å². The molecule has 0 radical (unpaired) electrons. The second-order valence-electron chi connectivity index (χ2n) is 16.4. The molecule has 3 amide bonds. The fourth-order valence-electron chi connectivity index (χ4n) is 7.24. The Bertz CT molecular complexity index is 2260. The van der Waals surface area contributed by atoms with E-state index in [1.165, 1.54) is 0 Å². The fourth-order valence-corrected chi connectivity index (χ4v) is 7.24. The van der Waals surface area contributed by atoms with Crippen LogP contribution in [-0.2, 0) is 49.7 Å². The third-order valence-corrected chi connectivity index (χ3v) is 10.4. The van der Waals surface area contributed by atoms with E-state index in [9.17, 15) is 29.1 Å². The molecule has 61 heavy (non-hydrogen) atoms. The van der Waals surface area contributed by atoms with Crippen LogP contribution in [0.4, 0.5) is 0 Å². The third kappa shape index (κ3) is 13.4. The number of carboxylic acids is 1. The number of ether oxygens (including phenoxy) is 2. The molecule has 2 aliphatic heterocycles. The summed E-state index contributed by atoms with van der Waals surface area (Å²) in [4.78, 5) is 69.0. The average Bonchev–Trinajstić information content (AvgIpc) is 3.24. The van der Waals surface area contributed by atoms with Crippen LogP contribution in [0.15, 0.2) is 133 Å². The lowest BCUT2D eigenvalue weighted by Crippen LogP contribution is -2.57. The number of benzene rings is 5. The van der Waals surface area contributed by atoms with Crippen LogP contribution in [0.25, 0.3) is 11.1 Å². The Morgan fingerprint density at radius 1 is 0.639 bits per heavy atom. The van der Waals surface area contributed by atoms with Gasteiger partial charge in [0.25, 0.3) is 5.91 Å². The molecule has 0 spiro atoms. The van der Waals surface area contributed by atoms with E-state index in [-0.39, 0.29) is 32.1 Å². The maximum atomic E-state index is 14.5. The molecule has 2 aliphatic rings. The predicted molar refractivity (Wildman–Crippen MR) is 233 cm³/mol. The zero-order chi connectivity index (χ0) is 43.4. The molecule has 5 aromatic carbocycles. The minimum Gasteiger partial charge on any atom is -0.488 e. The van der Waals surface area contributed by atoms with E-state index in [1.807, 2.05) is 118 Å². The normalized spacial score (nSPS) is 19.3. The second-order valence-corrected chi connectivity index (χ2v) is 16.4. The van der Waals surface area contributed by atoms with Gasteiger partial charge in [0.2, 0.25) is 11.8 Å². The van der Waals surface area contributed by atoms with Crippen LogP contribution in [0.1, 0.15) is 55.9 Å². The number of hydrogen-bond acceptors (Lipinski definition) is 7. The molecule has 0 aliphatic carbocycles. The first kappa shape index (κ1) is 43.8. The quantitative estimate of drug-likeness (QED) is 0.113. The minimum absolute atomic E-state index is 0.0561. The lowest BCUT2D eigenvalue weighted by atomic mass is 9.90. The van der Waals surface area contributed by atoms with Crippen LogP contribution in [-0.4, -0.2) is 64.9 Å². The summed E-state index contributed by atoms with van der Waals surface area (Å²) in [5, 5.41) is 18.9. The van der Waals surface area contributed by atoms with Gasteiger partial charge in [0.15, 0.2) is 12.4 Å². The summed E-state index contributed by atoms with van der Waals surface area (Å²) in [6.45, 7) is 5.42. The highest BCUT2D eigenvalue weighted by molar-refractivity contribution is 5.96. The smallest absolute Gasteiger partial charge is 0.307 e. The molecular weight excluding hydrogens is 771 g/mol. The van der Waals surface area contributed by atoms with Gasteiger partial charge in [-0.05, 0) is 97.7 Å². The van der Waals surface area contributed by atoms with Crippen molar-refractivity contribution in [3.63, 3.8) is 0 Å². The molecule has 2 heterocycles. The van der Waals surface area contributed by atoms with Crippen LogP contribution in [0.2, 0.25) is 0 Å². The Labute approximate surface area is 356 Å². The molecule has 0 fully saturated rings. The van der Waals surface area contributed by atoms with Crippen LogP contribution in [0.3, 0.4) is 0 Å². The molecule has 11 nitrogen and oxygen atoms in total. The topological polar surface area (TPSA) is 160 Å². The van der Waals surface area contributed by atoms with E-state index in [0.717, 1.165) is 27.8 Å². The van der Waals surface area contributed by atoms with Crippen LogP contribution >= 0.6 is 0 Å². The Balaban J connectivity index is 1.34. The summed E-state index contributed by atoms with van der Waals surface area (Å²) >= 11 is 0. The van der Waals surface area contributed by atoms with E-state index in [4.69, 9.17) is 9.47 Å². The van der Waals surface area contributed by atoms with Crippen molar-refractivity contribution in [1.82, 2.24) is 16.0 Å². The number of Topliss-reactive ketones (excluding diaryl/α,β-unsaturated/α-hetero) is 1. The summed E-state index contributed by atoms with van der Waals surface area (Å²) in [6.07, 6.45) is 0.502. The van der Waals surface area contributed by atoms with Crippen LogP contribution < -0.4 is 25.4 Å². The number of aryl methyl sites for hydroxylation is 1. The van der Waals surface area contributed by atoms with Gasteiger partial charge in [-0.1, -0.05) is 109 Å². The minimum atomic E-state index is -1.19. The van der Waals surface area contributed by atoms with E-state index < -0.39 is 65.7 Å². The van der Waals surface area contributed by atoms with Gasteiger partial charge < -0.3 is 30.5 Å². The van der Waals surface area contributed by atoms with Crippen LogP contribution in [0.5, 0.6) is 11.5 Å². The maximum Gasteiger partial charge on any atom is 0.307 e. The molecule has 5 aromatic rings. The van der Waals surface area contributed by atoms with Gasteiger partial charge in [0.05, 0.1) is 12.0 Å². The summed E-state index contributed by atoms with van der Waals surface area (Å²) < 4.78 is 11.7. The monoisotopic (exact) mass is 823 g/mol. The first-order chi connectivity index (χ1) is 29.3. The van der Waals surface area contributed by atoms with Gasteiger partial charge >= 0.3 is 5.97 Å². The number of rotatable bonds is 10.